The number of carboxylic acids is 1. The van der Waals surface area contributed by atoms with Gasteiger partial charge in [-0.05, 0) is 23.9 Å². The number of carbonyl (C=O) groups is 2. The van der Waals surface area contributed by atoms with E-state index in [1.165, 1.54) is 11.3 Å². The first kappa shape index (κ1) is 9.73. The minimum atomic E-state index is -1.45. The van der Waals surface area contributed by atoms with Crippen LogP contribution >= 0.6 is 11.3 Å². The van der Waals surface area contributed by atoms with E-state index in [1.54, 1.807) is 0 Å². The van der Waals surface area contributed by atoms with E-state index in [0.29, 0.717) is 0 Å². The maximum absolute atomic E-state index is 10.6. The van der Waals surface area contributed by atoms with Gasteiger partial charge in [-0.25, -0.2) is 4.79 Å². The van der Waals surface area contributed by atoms with Gasteiger partial charge in [0.2, 0.25) is 0 Å². The van der Waals surface area contributed by atoms with Gasteiger partial charge in [0.15, 0.2) is 0 Å². The van der Waals surface area contributed by atoms with E-state index >= 15 is 0 Å². The van der Waals surface area contributed by atoms with Crippen molar-refractivity contribution in [3.05, 3.63) is 21.9 Å². The van der Waals surface area contributed by atoms with Gasteiger partial charge in [0.25, 0.3) is 0 Å². The number of hydrogen-bond acceptors (Lipinski definition) is 3. The summed E-state index contributed by atoms with van der Waals surface area (Å²) in [6.07, 6.45) is 0. The van der Waals surface area contributed by atoms with Crippen LogP contribution in [0.2, 0.25) is 0 Å². The highest BCUT2D eigenvalue weighted by Crippen LogP contribution is 2.14. The molecule has 1 heterocycles. The number of hydrogen-bond donors (Lipinski definition) is 2. The van der Waals surface area contributed by atoms with E-state index in [1.807, 2.05) is 18.4 Å². The van der Waals surface area contributed by atoms with Crippen molar-refractivity contribution in [1.82, 2.24) is 5.32 Å². The summed E-state index contributed by atoms with van der Waals surface area (Å²) in [6.45, 7) is 2.20. The molecule has 0 aliphatic carbocycles. The second-order valence-electron chi connectivity index (χ2n) is 2.51. The van der Waals surface area contributed by atoms with Gasteiger partial charge in [0.05, 0.1) is 6.54 Å². The van der Waals surface area contributed by atoms with Gasteiger partial charge in [0, 0.05) is 4.88 Å². The molecule has 2 N–H and O–H groups in total. The van der Waals surface area contributed by atoms with Crippen molar-refractivity contribution in [2.45, 2.75) is 13.5 Å². The quantitative estimate of drug-likeness (QED) is 0.691. The van der Waals surface area contributed by atoms with Crippen LogP contribution in [0.1, 0.15) is 10.4 Å². The Morgan fingerprint density at radius 2 is 2.31 bits per heavy atom. The lowest BCUT2D eigenvalue weighted by Crippen LogP contribution is -2.29. The van der Waals surface area contributed by atoms with E-state index in [9.17, 15) is 9.59 Å². The van der Waals surface area contributed by atoms with E-state index in [0.717, 1.165) is 10.4 Å². The molecule has 5 heteroatoms. The lowest BCUT2D eigenvalue weighted by molar-refractivity contribution is -0.150. The molecule has 4 nitrogen and oxygen atoms in total. The fourth-order valence-electron chi connectivity index (χ4n) is 0.821. The highest BCUT2D eigenvalue weighted by atomic mass is 32.1. The van der Waals surface area contributed by atoms with Crippen LogP contribution < -0.4 is 5.32 Å². The van der Waals surface area contributed by atoms with Crippen LogP contribution in [0.25, 0.3) is 0 Å². The minimum Gasteiger partial charge on any atom is -0.474 e. The molecular formula is C8H9NO3S. The molecule has 1 amide bonds. The summed E-state index contributed by atoms with van der Waals surface area (Å²) in [4.78, 5) is 21.8. The summed E-state index contributed by atoms with van der Waals surface area (Å²) >= 11 is 1.50. The van der Waals surface area contributed by atoms with Crippen LogP contribution in [0.4, 0.5) is 0 Å². The van der Waals surface area contributed by atoms with E-state index in [4.69, 9.17) is 5.11 Å². The molecule has 0 aliphatic heterocycles. The molecule has 13 heavy (non-hydrogen) atoms. The van der Waals surface area contributed by atoms with Crippen LogP contribution in [0.15, 0.2) is 11.4 Å². The average molecular weight is 199 g/mol. The summed E-state index contributed by atoms with van der Waals surface area (Å²) in [6, 6.07) is 1.92. The largest absolute Gasteiger partial charge is 0.474 e. The summed E-state index contributed by atoms with van der Waals surface area (Å²) in [5.74, 6) is -2.41. The van der Waals surface area contributed by atoms with Gasteiger partial charge < -0.3 is 10.4 Å². The molecule has 0 radical (unpaired) electrons. The van der Waals surface area contributed by atoms with Gasteiger partial charge in [-0.15, -0.1) is 11.3 Å². The maximum Gasteiger partial charge on any atom is 0.394 e. The predicted molar refractivity (Wildman–Crippen MR) is 48.5 cm³/mol. The van der Waals surface area contributed by atoms with Crippen LogP contribution in [-0.4, -0.2) is 17.0 Å². The molecule has 0 saturated carbocycles. The average Bonchev–Trinajstić information content (AvgIpc) is 2.47. The Morgan fingerprint density at radius 3 is 2.77 bits per heavy atom. The van der Waals surface area contributed by atoms with Gasteiger partial charge >= 0.3 is 11.9 Å². The molecule has 0 spiro atoms. The molecule has 0 atom stereocenters. The second-order valence-corrected chi connectivity index (χ2v) is 3.52. The summed E-state index contributed by atoms with van der Waals surface area (Å²) in [5.41, 5.74) is 1.07. The predicted octanol–water partition coefficient (Wildman–Crippen LogP) is 0.757. The second kappa shape index (κ2) is 4.04. The van der Waals surface area contributed by atoms with Crippen LogP contribution in [-0.2, 0) is 16.1 Å². The van der Waals surface area contributed by atoms with Crippen molar-refractivity contribution in [3.63, 3.8) is 0 Å². The van der Waals surface area contributed by atoms with Gasteiger partial charge in [-0.1, -0.05) is 0 Å². The molecule has 0 bridgehead atoms. The summed E-state index contributed by atoms with van der Waals surface area (Å²) in [5, 5.41) is 12.5. The smallest absolute Gasteiger partial charge is 0.394 e. The van der Waals surface area contributed by atoms with Crippen molar-refractivity contribution in [1.29, 1.82) is 0 Å². The fourth-order valence-corrected chi connectivity index (χ4v) is 1.67. The number of nitrogens with one attached hydrogen (secondary N) is 1. The Balaban J connectivity index is 2.48. The third-order valence-corrected chi connectivity index (χ3v) is 2.59. The first-order valence-electron chi connectivity index (χ1n) is 3.65. The standard InChI is InChI=1S/C8H9NO3S/c1-5-2-3-13-6(5)4-9-7(10)8(11)12/h2-3H,4H2,1H3,(H,9,10)(H,11,12). The Morgan fingerprint density at radius 1 is 1.62 bits per heavy atom. The van der Waals surface area contributed by atoms with Gasteiger partial charge in [-0.3, -0.25) is 4.79 Å². The monoisotopic (exact) mass is 199 g/mol. The molecule has 70 valence electrons. The van der Waals surface area contributed by atoms with Gasteiger partial charge in [-0.2, -0.15) is 0 Å². The SMILES string of the molecule is Cc1ccsc1CNC(=O)C(=O)O. The molecular weight excluding hydrogens is 190 g/mol. The number of amides is 1. The first-order valence-corrected chi connectivity index (χ1v) is 4.53. The van der Waals surface area contributed by atoms with E-state index < -0.39 is 11.9 Å². The zero-order chi connectivity index (χ0) is 9.84. The molecule has 0 aromatic carbocycles. The van der Waals surface area contributed by atoms with Crippen molar-refractivity contribution in [2.24, 2.45) is 0 Å². The molecule has 1 aromatic rings. The number of carbonyl (C=O) groups excluding carboxylic acids is 1. The Labute approximate surface area is 79.2 Å². The highest BCUT2D eigenvalue weighted by molar-refractivity contribution is 7.10. The third-order valence-electron chi connectivity index (χ3n) is 1.57. The third kappa shape index (κ3) is 2.55. The topological polar surface area (TPSA) is 66.4 Å². The minimum absolute atomic E-state index is 0.286. The van der Waals surface area contributed by atoms with Crippen LogP contribution in [0, 0.1) is 6.92 Å². The Bertz CT molecular complexity index is 332. The Hall–Kier alpha value is -1.36. The molecule has 1 aromatic heterocycles. The van der Waals surface area contributed by atoms with E-state index in [-0.39, 0.29) is 6.54 Å². The van der Waals surface area contributed by atoms with Crippen molar-refractivity contribution >= 4 is 23.2 Å². The fraction of sp³-hybridized carbons (Fsp3) is 0.250. The van der Waals surface area contributed by atoms with E-state index in [2.05, 4.69) is 5.32 Å². The number of carboxylic acid groups (broad SMARTS) is 1. The molecule has 0 fully saturated rings. The van der Waals surface area contributed by atoms with Crippen molar-refractivity contribution in [2.75, 3.05) is 0 Å². The molecule has 0 unspecified atom stereocenters. The highest BCUT2D eigenvalue weighted by Gasteiger charge is 2.10. The van der Waals surface area contributed by atoms with Crippen molar-refractivity contribution < 1.29 is 14.7 Å². The zero-order valence-electron chi connectivity index (χ0n) is 7.03. The molecule has 0 saturated heterocycles. The number of aliphatic carboxylic acids is 1. The zero-order valence-corrected chi connectivity index (χ0v) is 7.85. The molecule has 0 aliphatic rings. The van der Waals surface area contributed by atoms with Crippen LogP contribution in [0.3, 0.4) is 0 Å². The molecule has 1 rings (SSSR count). The van der Waals surface area contributed by atoms with Crippen molar-refractivity contribution in [3.8, 4) is 0 Å². The normalized spacial score (nSPS) is 9.62. The number of rotatable bonds is 2. The summed E-state index contributed by atoms with van der Waals surface area (Å²) < 4.78 is 0. The summed E-state index contributed by atoms with van der Waals surface area (Å²) in [7, 11) is 0. The number of thiophene rings is 1. The lowest BCUT2D eigenvalue weighted by Gasteiger charge is -1.99. The maximum atomic E-state index is 10.6. The first-order chi connectivity index (χ1) is 6.11. The Kier molecular flexibility index (Phi) is 3.02. The lowest BCUT2D eigenvalue weighted by atomic mass is 10.3. The number of aryl methyl sites for hydroxylation is 1. The van der Waals surface area contributed by atoms with Crippen LogP contribution in [0.5, 0.6) is 0 Å². The van der Waals surface area contributed by atoms with Gasteiger partial charge in [0.1, 0.15) is 0 Å².